The van der Waals surface area contributed by atoms with Crippen LogP contribution >= 0.6 is 0 Å². The first-order valence-corrected chi connectivity index (χ1v) is 24.1. The third-order valence-electron chi connectivity index (χ3n) is 14.1. The summed E-state index contributed by atoms with van der Waals surface area (Å²) < 4.78 is 38.0. The van der Waals surface area contributed by atoms with Crippen LogP contribution in [-0.4, -0.2) is 83.5 Å². The van der Waals surface area contributed by atoms with Gasteiger partial charge in [0.2, 0.25) is 18.5 Å². The Morgan fingerprint density at radius 3 is 2.39 bits per heavy atom. The molecule has 1 amide bonds. The standard InChI is InChI=1S/C54H59N3O13/c1-3-24-67-54-50(56(53(61)36-13-14-36)30-35-12-19-48-49(25-35)66-33-65-48)29-45(55-68-32-34-10-15-39(16-11-34)57(62)63)43-27-37(8-4-6-22-58)42(9-5-7-23-59)51(52(43)54)44-28-41(18-21-47(44)70-54)69-40-17-20-46(64-2)38(26-40)31-60/h3,10-12,15-21,25-28,31,36-37,42,50-52,58-59H,1,4-9,13-14,22-24,29-30,32-33H2,2H3/t37-,42+,50-,51+,52+,54+/m0/s1. The highest BCUT2D eigenvalue weighted by molar-refractivity contribution is 6.03. The summed E-state index contributed by atoms with van der Waals surface area (Å²) in [4.78, 5) is 46.2. The van der Waals surface area contributed by atoms with Crippen molar-refractivity contribution in [2.24, 2.45) is 28.8 Å². The van der Waals surface area contributed by atoms with Gasteiger partial charge >= 0.3 is 0 Å². The highest BCUT2D eigenvalue weighted by atomic mass is 16.7. The summed E-state index contributed by atoms with van der Waals surface area (Å²) >= 11 is 0. The van der Waals surface area contributed by atoms with Gasteiger partial charge in [-0.1, -0.05) is 36.2 Å². The summed E-state index contributed by atoms with van der Waals surface area (Å²) in [6.45, 7) is 4.56. The fourth-order valence-corrected chi connectivity index (χ4v) is 10.8. The maximum Gasteiger partial charge on any atom is 0.269 e. The van der Waals surface area contributed by atoms with Gasteiger partial charge in [-0.2, -0.15) is 0 Å². The highest BCUT2D eigenvalue weighted by Gasteiger charge is 2.66. The fourth-order valence-electron chi connectivity index (χ4n) is 10.8. The number of hydrogen-bond acceptors (Lipinski definition) is 14. The van der Waals surface area contributed by atoms with Crippen molar-refractivity contribution in [2.75, 3.05) is 33.7 Å². The van der Waals surface area contributed by atoms with E-state index in [2.05, 4.69) is 12.7 Å². The van der Waals surface area contributed by atoms with Crippen molar-refractivity contribution in [1.29, 1.82) is 0 Å². The summed E-state index contributed by atoms with van der Waals surface area (Å²) in [5.74, 6) is 0.411. The number of methoxy groups -OCH3 is 1. The lowest BCUT2D eigenvalue weighted by Crippen LogP contribution is -2.70. The van der Waals surface area contributed by atoms with Gasteiger partial charge in [-0.3, -0.25) is 19.7 Å². The summed E-state index contributed by atoms with van der Waals surface area (Å²) in [5.41, 5.74) is 4.13. The van der Waals surface area contributed by atoms with Gasteiger partial charge in [0.25, 0.3) is 5.69 Å². The largest absolute Gasteiger partial charge is 0.496 e. The van der Waals surface area contributed by atoms with Crippen LogP contribution < -0.4 is 23.7 Å². The Hall–Kier alpha value is -6.75. The van der Waals surface area contributed by atoms with Crippen LogP contribution in [0.4, 0.5) is 5.69 Å². The normalized spacial score (nSPS) is 23.3. The van der Waals surface area contributed by atoms with Gasteiger partial charge in [0.15, 0.2) is 17.8 Å². The molecule has 2 N–H and O–H groups in total. The van der Waals surface area contributed by atoms with Gasteiger partial charge in [-0.05, 0) is 128 Å². The Balaban J connectivity index is 1.22. The minimum atomic E-state index is -1.50. The molecule has 5 aliphatic rings. The molecule has 2 fully saturated rings. The van der Waals surface area contributed by atoms with Gasteiger partial charge in [-0.15, -0.1) is 6.58 Å². The number of nitro benzene ring substituents is 1. The molecule has 0 aromatic heterocycles. The second-order valence-corrected chi connectivity index (χ2v) is 18.5. The SMILES string of the molecule is C=CCO[C@@]12Oc3ccc(Oc4ccc(OC)c(C=O)c4)cc3[C@H]3[C@H](CCCCO)[C@@H](CCCCO)C=C(C(=NOCc4ccc([N+](=O)[O-])cc4)C[C@@H]1N(Cc1ccc4c(c1)OCO4)C(=O)C1CC1)[C@H]32. The summed E-state index contributed by atoms with van der Waals surface area (Å²) in [7, 11) is 1.50. The monoisotopic (exact) mass is 957 g/mol. The van der Waals surface area contributed by atoms with Crippen LogP contribution in [0.25, 0.3) is 0 Å². The Morgan fingerprint density at radius 2 is 1.66 bits per heavy atom. The molecular weight excluding hydrogens is 899 g/mol. The number of rotatable bonds is 23. The first-order valence-electron chi connectivity index (χ1n) is 24.1. The van der Waals surface area contributed by atoms with E-state index in [9.17, 15) is 25.1 Å². The van der Waals surface area contributed by atoms with Crippen molar-refractivity contribution in [1.82, 2.24) is 4.90 Å². The molecule has 2 saturated carbocycles. The highest BCUT2D eigenvalue weighted by Crippen LogP contribution is 2.62. The van der Waals surface area contributed by atoms with E-state index in [-0.39, 0.29) is 81.5 Å². The van der Waals surface area contributed by atoms with E-state index in [0.717, 1.165) is 61.5 Å². The average molecular weight is 958 g/mol. The number of amides is 1. The van der Waals surface area contributed by atoms with Crippen molar-refractivity contribution >= 4 is 23.6 Å². The number of carbonyl (C=O) groups is 2. The lowest BCUT2D eigenvalue weighted by Gasteiger charge is -2.60. The van der Waals surface area contributed by atoms with E-state index >= 15 is 4.79 Å². The molecule has 4 aromatic rings. The summed E-state index contributed by atoms with van der Waals surface area (Å²) in [6, 6.07) is 21.8. The molecule has 16 heteroatoms. The van der Waals surface area contributed by atoms with Crippen LogP contribution in [0, 0.1) is 33.8 Å². The molecule has 0 unspecified atom stereocenters. The summed E-state index contributed by atoms with van der Waals surface area (Å²) in [6.07, 6.45) is 10.5. The molecule has 6 atom stereocenters. The Bertz CT molecular complexity index is 2630. The lowest BCUT2D eigenvalue weighted by atomic mass is 9.55. The number of fused-ring (bicyclic) bond motifs is 3. The van der Waals surface area contributed by atoms with Crippen LogP contribution in [0.5, 0.6) is 34.5 Å². The Kier molecular flexibility index (Phi) is 14.8. The zero-order chi connectivity index (χ0) is 48.8. The number of ether oxygens (including phenoxy) is 6. The predicted octanol–water partition coefficient (Wildman–Crippen LogP) is 9.21. The zero-order valence-electron chi connectivity index (χ0n) is 39.2. The van der Waals surface area contributed by atoms with Crippen LogP contribution in [0.1, 0.15) is 90.8 Å². The fraction of sp³-hybridized carbons (Fsp3) is 0.426. The number of hydrogen-bond donors (Lipinski definition) is 2. The topological polar surface area (TPSA) is 198 Å². The molecule has 9 rings (SSSR count). The molecule has 368 valence electrons. The van der Waals surface area contributed by atoms with Crippen molar-refractivity contribution in [3.8, 4) is 34.5 Å². The van der Waals surface area contributed by atoms with Gasteiger partial charge in [0.1, 0.15) is 35.6 Å². The van der Waals surface area contributed by atoms with Gasteiger partial charge in [-0.25, -0.2) is 0 Å². The van der Waals surface area contributed by atoms with E-state index in [4.69, 9.17) is 38.4 Å². The first-order chi connectivity index (χ1) is 34.2. The maximum absolute atomic E-state index is 15.1. The van der Waals surface area contributed by atoms with Crippen molar-refractivity contribution < 1.29 is 58.0 Å². The number of aliphatic hydroxyl groups is 2. The van der Waals surface area contributed by atoms with E-state index in [1.165, 1.54) is 19.2 Å². The maximum atomic E-state index is 15.1. The number of allylic oxidation sites excluding steroid dienone is 1. The van der Waals surface area contributed by atoms with E-state index in [0.29, 0.717) is 64.2 Å². The van der Waals surface area contributed by atoms with Gasteiger partial charge < -0.3 is 48.4 Å². The molecule has 4 aromatic carbocycles. The zero-order valence-corrected chi connectivity index (χ0v) is 39.2. The third kappa shape index (κ3) is 9.98. The molecule has 2 heterocycles. The number of benzene rings is 4. The predicted molar refractivity (Wildman–Crippen MR) is 257 cm³/mol. The Labute approximate surface area is 406 Å². The minimum absolute atomic E-state index is 0.0223. The number of unbranched alkanes of at least 4 members (excludes halogenated alkanes) is 2. The number of nitrogens with zero attached hydrogens (tertiary/aromatic N) is 3. The molecule has 0 bridgehead atoms. The second-order valence-electron chi connectivity index (χ2n) is 18.5. The number of non-ortho nitro benzene ring substituents is 1. The molecule has 0 radical (unpaired) electrons. The van der Waals surface area contributed by atoms with Crippen LogP contribution in [0.3, 0.4) is 0 Å². The quantitative estimate of drug-likeness (QED) is 0.0235. The third-order valence-corrected chi connectivity index (χ3v) is 14.1. The van der Waals surface area contributed by atoms with Crippen LogP contribution in [0.15, 0.2) is 108 Å². The van der Waals surface area contributed by atoms with Crippen LogP contribution in [0.2, 0.25) is 0 Å². The van der Waals surface area contributed by atoms with Gasteiger partial charge in [0.05, 0.1) is 35.8 Å². The minimum Gasteiger partial charge on any atom is -0.496 e. The lowest BCUT2D eigenvalue weighted by molar-refractivity contribution is -0.384. The molecule has 0 saturated heterocycles. The van der Waals surface area contributed by atoms with Crippen LogP contribution in [-0.2, 0) is 27.5 Å². The number of aldehydes is 1. The van der Waals surface area contributed by atoms with E-state index in [1.54, 1.807) is 36.4 Å². The Morgan fingerprint density at radius 1 is 0.929 bits per heavy atom. The molecule has 3 aliphatic carbocycles. The molecular formula is C54H59N3O13. The molecule has 16 nitrogen and oxygen atoms in total. The molecule has 0 spiro atoms. The van der Waals surface area contributed by atoms with Crippen molar-refractivity contribution in [3.63, 3.8) is 0 Å². The number of carbonyl (C=O) groups excluding carboxylic acids is 2. The van der Waals surface area contributed by atoms with E-state index < -0.39 is 22.7 Å². The van der Waals surface area contributed by atoms with Crippen molar-refractivity contribution in [2.45, 2.75) is 88.7 Å². The molecule has 2 aliphatic heterocycles. The smallest absolute Gasteiger partial charge is 0.269 e. The first kappa shape index (κ1) is 48.3. The van der Waals surface area contributed by atoms with Gasteiger partial charge in [0, 0.05) is 55.7 Å². The van der Waals surface area contributed by atoms with E-state index in [1.807, 2.05) is 41.3 Å². The number of oxime groups is 1. The average Bonchev–Trinajstić information content (AvgIpc) is 4.13. The number of aliphatic hydroxyl groups excluding tert-OH is 2. The second kappa shape index (κ2) is 21.5. The van der Waals surface area contributed by atoms with Crippen molar-refractivity contribution in [3.05, 3.63) is 136 Å². The number of nitro groups is 1. The summed E-state index contributed by atoms with van der Waals surface area (Å²) in [5, 5.41) is 36.5. The molecule has 70 heavy (non-hydrogen) atoms.